The van der Waals surface area contributed by atoms with Gasteiger partial charge < -0.3 is 11.1 Å². The van der Waals surface area contributed by atoms with Gasteiger partial charge in [0.25, 0.3) is 5.91 Å². The quantitative estimate of drug-likeness (QED) is 0.848. The van der Waals surface area contributed by atoms with Crippen LogP contribution in [-0.4, -0.2) is 18.5 Å². The molecule has 0 fully saturated rings. The van der Waals surface area contributed by atoms with Crippen molar-refractivity contribution in [2.75, 3.05) is 6.54 Å². The number of aryl methyl sites for hydroxylation is 2. The lowest BCUT2D eigenvalue weighted by Crippen LogP contribution is -2.40. The summed E-state index contributed by atoms with van der Waals surface area (Å²) in [4.78, 5) is 14.0. The maximum absolute atomic E-state index is 12.0. The van der Waals surface area contributed by atoms with E-state index in [-0.39, 0.29) is 11.9 Å². The molecule has 0 aromatic carbocycles. The van der Waals surface area contributed by atoms with Gasteiger partial charge in [0.1, 0.15) is 0 Å². The minimum Gasteiger partial charge on any atom is -0.347 e. The van der Waals surface area contributed by atoms with E-state index in [1.54, 1.807) is 11.3 Å². The molecule has 3 nitrogen and oxygen atoms in total. The zero-order valence-corrected chi connectivity index (χ0v) is 11.9. The maximum atomic E-state index is 12.0. The van der Waals surface area contributed by atoms with Crippen LogP contribution in [0.2, 0.25) is 0 Å². The second kappa shape index (κ2) is 6.17. The molecule has 1 heterocycles. The first-order valence-corrected chi connectivity index (χ1v) is 6.83. The van der Waals surface area contributed by atoms with Crippen LogP contribution in [0.15, 0.2) is 6.07 Å². The molecule has 96 valence electrons. The van der Waals surface area contributed by atoms with Crippen molar-refractivity contribution in [3.8, 4) is 0 Å². The molecule has 1 amide bonds. The van der Waals surface area contributed by atoms with E-state index in [9.17, 15) is 4.79 Å². The van der Waals surface area contributed by atoms with Crippen LogP contribution in [0.5, 0.6) is 0 Å². The molecule has 1 rings (SSSR count). The summed E-state index contributed by atoms with van der Waals surface area (Å²) < 4.78 is 0. The Labute approximate surface area is 107 Å². The van der Waals surface area contributed by atoms with Crippen molar-refractivity contribution < 1.29 is 4.79 Å². The van der Waals surface area contributed by atoms with Crippen LogP contribution >= 0.6 is 11.3 Å². The van der Waals surface area contributed by atoms with E-state index in [4.69, 9.17) is 5.73 Å². The van der Waals surface area contributed by atoms with Crippen LogP contribution in [0, 0.1) is 19.8 Å². The van der Waals surface area contributed by atoms with Crippen LogP contribution < -0.4 is 11.1 Å². The molecule has 0 radical (unpaired) electrons. The fourth-order valence-electron chi connectivity index (χ4n) is 1.72. The first-order chi connectivity index (χ1) is 7.93. The van der Waals surface area contributed by atoms with Gasteiger partial charge in [0.15, 0.2) is 0 Å². The molecule has 0 aliphatic rings. The lowest BCUT2D eigenvalue weighted by Gasteiger charge is -2.18. The smallest absolute Gasteiger partial charge is 0.261 e. The first-order valence-electron chi connectivity index (χ1n) is 6.02. The number of nitrogens with two attached hydrogens (primary N) is 1. The number of carbonyl (C=O) groups is 1. The average molecular weight is 254 g/mol. The third kappa shape index (κ3) is 4.13. The summed E-state index contributed by atoms with van der Waals surface area (Å²) in [6, 6.07) is 2.02. The number of carbonyl (C=O) groups excluding carboxylic acids is 1. The van der Waals surface area contributed by atoms with Gasteiger partial charge in [-0.05, 0) is 37.8 Å². The van der Waals surface area contributed by atoms with Gasteiger partial charge in [0.2, 0.25) is 0 Å². The number of amides is 1. The van der Waals surface area contributed by atoms with E-state index in [0.717, 1.165) is 11.3 Å². The number of rotatable bonds is 5. The standard InChI is InChI=1S/C13H22N2OS/c1-8(2)5-11(7-14)15-13(16)12-6-9(3)10(4)17-12/h6,8,11H,5,7,14H2,1-4H3,(H,15,16). The summed E-state index contributed by atoms with van der Waals surface area (Å²) in [6.45, 7) is 8.82. The van der Waals surface area contributed by atoms with E-state index < -0.39 is 0 Å². The Bertz CT molecular complexity index is 365. The molecule has 1 atom stereocenters. The summed E-state index contributed by atoms with van der Waals surface area (Å²) in [7, 11) is 0. The lowest BCUT2D eigenvalue weighted by atomic mass is 10.0. The largest absolute Gasteiger partial charge is 0.347 e. The van der Waals surface area contributed by atoms with Crippen LogP contribution in [0.25, 0.3) is 0 Å². The van der Waals surface area contributed by atoms with Crippen LogP contribution in [0.1, 0.15) is 40.4 Å². The molecule has 1 aromatic heterocycles. The molecule has 1 unspecified atom stereocenters. The van der Waals surface area contributed by atoms with Gasteiger partial charge in [-0.25, -0.2) is 0 Å². The van der Waals surface area contributed by atoms with Gasteiger partial charge in [0.05, 0.1) is 4.88 Å². The highest BCUT2D eigenvalue weighted by Gasteiger charge is 2.15. The van der Waals surface area contributed by atoms with Gasteiger partial charge in [-0.2, -0.15) is 0 Å². The molecule has 0 spiro atoms. The summed E-state index contributed by atoms with van der Waals surface area (Å²) in [5.41, 5.74) is 6.85. The molecule has 3 N–H and O–H groups in total. The highest BCUT2D eigenvalue weighted by Crippen LogP contribution is 2.20. The molecular formula is C13H22N2OS. The van der Waals surface area contributed by atoms with E-state index >= 15 is 0 Å². The number of hydrogen-bond donors (Lipinski definition) is 2. The summed E-state index contributed by atoms with van der Waals surface area (Å²) >= 11 is 1.54. The SMILES string of the molecule is Cc1cc(C(=O)NC(CN)CC(C)C)sc1C. The Morgan fingerprint density at radius 2 is 2.12 bits per heavy atom. The minimum atomic E-state index is 0.00213. The monoisotopic (exact) mass is 254 g/mol. The zero-order chi connectivity index (χ0) is 13.0. The van der Waals surface area contributed by atoms with Crippen molar-refractivity contribution in [1.82, 2.24) is 5.32 Å². The van der Waals surface area contributed by atoms with E-state index in [2.05, 4.69) is 19.2 Å². The van der Waals surface area contributed by atoms with Gasteiger partial charge in [-0.1, -0.05) is 13.8 Å². The Hall–Kier alpha value is -0.870. The van der Waals surface area contributed by atoms with Crippen molar-refractivity contribution in [2.45, 2.75) is 40.2 Å². The molecule has 4 heteroatoms. The first kappa shape index (κ1) is 14.2. The van der Waals surface area contributed by atoms with Crippen molar-refractivity contribution in [1.29, 1.82) is 0 Å². The van der Waals surface area contributed by atoms with Crippen LogP contribution in [0.3, 0.4) is 0 Å². The lowest BCUT2D eigenvalue weighted by molar-refractivity contribution is 0.0938. The predicted molar refractivity (Wildman–Crippen MR) is 73.6 cm³/mol. The summed E-state index contributed by atoms with van der Waals surface area (Å²) in [6.07, 6.45) is 0.922. The second-order valence-electron chi connectivity index (χ2n) is 4.89. The zero-order valence-electron chi connectivity index (χ0n) is 11.0. The van der Waals surface area contributed by atoms with Crippen molar-refractivity contribution in [3.63, 3.8) is 0 Å². The highest BCUT2D eigenvalue weighted by molar-refractivity contribution is 7.14. The van der Waals surface area contributed by atoms with Crippen molar-refractivity contribution in [2.24, 2.45) is 11.7 Å². The Morgan fingerprint density at radius 1 is 1.47 bits per heavy atom. The summed E-state index contributed by atoms with van der Waals surface area (Å²) in [5.74, 6) is 0.540. The van der Waals surface area contributed by atoms with Gasteiger partial charge >= 0.3 is 0 Å². The fraction of sp³-hybridized carbons (Fsp3) is 0.615. The Balaban J connectivity index is 2.64. The van der Waals surface area contributed by atoms with Gasteiger partial charge in [-0.3, -0.25) is 4.79 Å². The van der Waals surface area contributed by atoms with Crippen LogP contribution in [0.4, 0.5) is 0 Å². The Kier molecular flexibility index (Phi) is 5.15. The van der Waals surface area contributed by atoms with Crippen molar-refractivity contribution >= 4 is 17.2 Å². The number of hydrogen-bond acceptors (Lipinski definition) is 3. The third-order valence-electron chi connectivity index (χ3n) is 2.77. The number of thiophene rings is 1. The van der Waals surface area contributed by atoms with Crippen LogP contribution in [-0.2, 0) is 0 Å². The van der Waals surface area contributed by atoms with E-state index in [1.165, 1.54) is 10.4 Å². The highest BCUT2D eigenvalue weighted by atomic mass is 32.1. The maximum Gasteiger partial charge on any atom is 0.261 e. The number of nitrogens with one attached hydrogen (secondary N) is 1. The average Bonchev–Trinajstić information content (AvgIpc) is 2.57. The molecule has 0 aliphatic heterocycles. The topological polar surface area (TPSA) is 55.1 Å². The van der Waals surface area contributed by atoms with Crippen molar-refractivity contribution in [3.05, 3.63) is 21.4 Å². The molecule has 0 bridgehead atoms. The molecule has 0 saturated carbocycles. The third-order valence-corrected chi connectivity index (χ3v) is 3.92. The molecule has 17 heavy (non-hydrogen) atoms. The molecular weight excluding hydrogens is 232 g/mol. The normalized spacial score (nSPS) is 12.8. The minimum absolute atomic E-state index is 0.00213. The fourth-order valence-corrected chi connectivity index (χ4v) is 2.66. The molecule has 0 aliphatic carbocycles. The van der Waals surface area contributed by atoms with E-state index in [0.29, 0.717) is 12.5 Å². The molecule has 1 aromatic rings. The second-order valence-corrected chi connectivity index (χ2v) is 6.14. The van der Waals surface area contributed by atoms with Gasteiger partial charge in [0, 0.05) is 17.5 Å². The Morgan fingerprint density at radius 3 is 2.53 bits per heavy atom. The summed E-state index contributed by atoms with van der Waals surface area (Å²) in [5, 5.41) is 3.00. The predicted octanol–water partition coefficient (Wildman–Crippen LogP) is 2.47. The molecule has 0 saturated heterocycles. The van der Waals surface area contributed by atoms with Gasteiger partial charge in [-0.15, -0.1) is 11.3 Å². The van der Waals surface area contributed by atoms with E-state index in [1.807, 2.05) is 19.9 Å².